The van der Waals surface area contributed by atoms with Gasteiger partial charge < -0.3 is 10.2 Å². The van der Waals surface area contributed by atoms with Crippen LogP contribution >= 0.6 is 11.3 Å². The number of hydrogen-bond donors (Lipinski definition) is 1. The van der Waals surface area contributed by atoms with E-state index in [1.165, 1.54) is 10.3 Å². The van der Waals surface area contributed by atoms with Crippen LogP contribution in [0.2, 0.25) is 0 Å². The summed E-state index contributed by atoms with van der Waals surface area (Å²) in [6.07, 6.45) is 1.67. The van der Waals surface area contributed by atoms with Crippen molar-refractivity contribution in [1.29, 1.82) is 0 Å². The zero-order valence-electron chi connectivity index (χ0n) is 11.2. The predicted molar refractivity (Wildman–Crippen MR) is 78.6 cm³/mol. The van der Waals surface area contributed by atoms with Crippen LogP contribution in [0.4, 0.5) is 5.82 Å². The molecule has 5 heteroatoms. The molecule has 4 nitrogen and oxygen atoms in total. The molecule has 18 heavy (non-hydrogen) atoms. The van der Waals surface area contributed by atoms with E-state index in [0.29, 0.717) is 0 Å². The molecule has 0 saturated carbocycles. The van der Waals surface area contributed by atoms with E-state index >= 15 is 0 Å². The lowest BCUT2D eigenvalue weighted by atomic mass is 10.3. The molecule has 0 unspecified atom stereocenters. The van der Waals surface area contributed by atoms with Gasteiger partial charge in [-0.25, -0.2) is 9.97 Å². The van der Waals surface area contributed by atoms with Crippen LogP contribution in [0, 0.1) is 6.92 Å². The Morgan fingerprint density at radius 2 is 2.17 bits per heavy atom. The van der Waals surface area contributed by atoms with Crippen LogP contribution in [-0.2, 0) is 0 Å². The number of likely N-dealkylation sites (N-methyl/N-ethyl adjacent to an activating group) is 2. The maximum Gasteiger partial charge on any atom is 0.150 e. The fraction of sp³-hybridized carbons (Fsp3) is 0.538. The first-order chi connectivity index (χ1) is 8.77. The van der Waals surface area contributed by atoms with Crippen LogP contribution in [0.5, 0.6) is 0 Å². The molecule has 0 saturated heterocycles. The smallest absolute Gasteiger partial charge is 0.150 e. The van der Waals surface area contributed by atoms with Gasteiger partial charge in [-0.3, -0.25) is 0 Å². The van der Waals surface area contributed by atoms with Gasteiger partial charge in [0.15, 0.2) is 0 Å². The van der Waals surface area contributed by atoms with Crippen molar-refractivity contribution in [3.05, 3.63) is 17.3 Å². The van der Waals surface area contributed by atoms with Gasteiger partial charge in [0.05, 0.1) is 10.2 Å². The van der Waals surface area contributed by atoms with Crippen LogP contribution in [0.3, 0.4) is 0 Å². The molecule has 0 aromatic carbocycles. The molecule has 2 heterocycles. The number of hydrogen-bond acceptors (Lipinski definition) is 5. The molecule has 2 rings (SSSR count). The molecule has 2 aromatic rings. The molecule has 0 aliphatic carbocycles. The van der Waals surface area contributed by atoms with Gasteiger partial charge in [0, 0.05) is 19.6 Å². The maximum absolute atomic E-state index is 4.47. The van der Waals surface area contributed by atoms with Crippen LogP contribution in [0.1, 0.15) is 19.4 Å². The second-order valence-electron chi connectivity index (χ2n) is 4.23. The third-order valence-corrected chi connectivity index (χ3v) is 4.08. The molecule has 0 bridgehead atoms. The Morgan fingerprint density at radius 3 is 2.89 bits per heavy atom. The summed E-state index contributed by atoms with van der Waals surface area (Å²) >= 11 is 1.74. The van der Waals surface area contributed by atoms with Gasteiger partial charge in [0.2, 0.25) is 0 Å². The highest BCUT2D eigenvalue weighted by Crippen LogP contribution is 2.30. The van der Waals surface area contributed by atoms with Crippen molar-refractivity contribution < 1.29 is 0 Å². The number of nitrogens with one attached hydrogen (secondary N) is 1. The highest BCUT2D eigenvalue weighted by Gasteiger charge is 2.13. The van der Waals surface area contributed by atoms with E-state index in [2.05, 4.69) is 46.3 Å². The normalized spacial score (nSPS) is 11.1. The number of anilines is 1. The number of fused-ring (bicyclic) bond motifs is 1. The van der Waals surface area contributed by atoms with Gasteiger partial charge in [0.1, 0.15) is 12.1 Å². The third kappa shape index (κ3) is 2.62. The summed E-state index contributed by atoms with van der Waals surface area (Å²) in [4.78, 5) is 11.1. The predicted octanol–water partition coefficient (Wildman–Crippen LogP) is 2.44. The molecule has 2 aromatic heterocycles. The average Bonchev–Trinajstić information content (AvgIpc) is 2.77. The molecule has 1 N–H and O–H groups in total. The van der Waals surface area contributed by atoms with Gasteiger partial charge >= 0.3 is 0 Å². The molecule has 98 valence electrons. The lowest BCUT2D eigenvalue weighted by Crippen LogP contribution is -2.32. The Labute approximate surface area is 112 Å². The molecular weight excluding hydrogens is 244 g/mol. The minimum Gasteiger partial charge on any atom is -0.354 e. The summed E-state index contributed by atoms with van der Waals surface area (Å²) in [5.74, 6) is 1.07. The first-order valence-corrected chi connectivity index (χ1v) is 7.30. The van der Waals surface area contributed by atoms with Crippen molar-refractivity contribution in [1.82, 2.24) is 15.3 Å². The van der Waals surface area contributed by atoms with E-state index in [1.54, 1.807) is 17.7 Å². The number of nitrogens with zero attached hydrogens (tertiary/aromatic N) is 3. The Morgan fingerprint density at radius 1 is 1.33 bits per heavy atom. The molecule has 0 aliphatic heterocycles. The fourth-order valence-electron chi connectivity index (χ4n) is 1.99. The van der Waals surface area contributed by atoms with Crippen molar-refractivity contribution >= 4 is 27.4 Å². The van der Waals surface area contributed by atoms with Crippen molar-refractivity contribution in [3.63, 3.8) is 0 Å². The summed E-state index contributed by atoms with van der Waals surface area (Å²) in [5, 5.41) is 5.51. The van der Waals surface area contributed by atoms with Crippen LogP contribution in [-0.4, -0.2) is 36.1 Å². The summed E-state index contributed by atoms with van der Waals surface area (Å²) in [6, 6.07) is 0. The Bertz CT molecular complexity index is 509. The topological polar surface area (TPSA) is 41.0 Å². The second-order valence-corrected chi connectivity index (χ2v) is 5.11. The first-order valence-electron chi connectivity index (χ1n) is 6.42. The van der Waals surface area contributed by atoms with Crippen LogP contribution in [0.15, 0.2) is 11.7 Å². The fourth-order valence-corrected chi connectivity index (χ4v) is 3.01. The van der Waals surface area contributed by atoms with E-state index in [4.69, 9.17) is 0 Å². The molecule has 0 aliphatic rings. The summed E-state index contributed by atoms with van der Waals surface area (Å²) in [5.41, 5.74) is 2.33. The quantitative estimate of drug-likeness (QED) is 0.814. The van der Waals surface area contributed by atoms with Gasteiger partial charge in [-0.2, -0.15) is 0 Å². The zero-order valence-corrected chi connectivity index (χ0v) is 12.0. The number of aromatic nitrogens is 2. The van der Waals surface area contributed by atoms with Crippen LogP contribution < -0.4 is 10.2 Å². The monoisotopic (exact) mass is 264 g/mol. The average molecular weight is 264 g/mol. The van der Waals surface area contributed by atoms with Crippen molar-refractivity contribution in [3.8, 4) is 0 Å². The van der Waals surface area contributed by atoms with E-state index < -0.39 is 0 Å². The van der Waals surface area contributed by atoms with Gasteiger partial charge in [-0.15, -0.1) is 11.3 Å². The highest BCUT2D eigenvalue weighted by molar-refractivity contribution is 7.18. The number of aryl methyl sites for hydroxylation is 1. The molecule has 0 fully saturated rings. The number of rotatable bonds is 6. The van der Waals surface area contributed by atoms with Crippen molar-refractivity contribution in [2.45, 2.75) is 20.8 Å². The lowest BCUT2D eigenvalue weighted by Gasteiger charge is -2.22. The maximum atomic E-state index is 4.47. The molecule has 0 amide bonds. The molecular formula is C13H20N4S. The van der Waals surface area contributed by atoms with E-state index in [0.717, 1.165) is 37.5 Å². The number of thiophene rings is 1. The Kier molecular flexibility index (Phi) is 4.49. The highest BCUT2D eigenvalue weighted by atomic mass is 32.1. The lowest BCUT2D eigenvalue weighted by molar-refractivity contribution is 0.685. The molecule has 0 atom stereocenters. The minimum absolute atomic E-state index is 0.967. The Hall–Kier alpha value is -1.20. The first kappa shape index (κ1) is 13.2. The largest absolute Gasteiger partial charge is 0.354 e. The summed E-state index contributed by atoms with van der Waals surface area (Å²) in [7, 11) is 0. The van der Waals surface area contributed by atoms with Gasteiger partial charge in [-0.05, 0) is 31.3 Å². The van der Waals surface area contributed by atoms with Gasteiger partial charge in [-0.1, -0.05) is 6.92 Å². The summed E-state index contributed by atoms with van der Waals surface area (Å²) in [6.45, 7) is 10.3. The van der Waals surface area contributed by atoms with Crippen LogP contribution in [0.25, 0.3) is 10.2 Å². The van der Waals surface area contributed by atoms with E-state index in [1.807, 2.05) is 0 Å². The second kappa shape index (κ2) is 6.11. The van der Waals surface area contributed by atoms with Crippen molar-refractivity contribution in [2.75, 3.05) is 31.1 Å². The summed E-state index contributed by atoms with van der Waals surface area (Å²) < 4.78 is 1.20. The SMILES string of the molecule is CCNCCN(CC)c1ncnc2c(C)csc12. The zero-order chi connectivity index (χ0) is 13.0. The molecule has 0 radical (unpaired) electrons. The van der Waals surface area contributed by atoms with Crippen molar-refractivity contribution in [2.24, 2.45) is 0 Å². The van der Waals surface area contributed by atoms with E-state index in [-0.39, 0.29) is 0 Å². The van der Waals surface area contributed by atoms with E-state index in [9.17, 15) is 0 Å². The third-order valence-electron chi connectivity index (χ3n) is 3.00. The standard InChI is InChI=1S/C13H20N4S/c1-4-14-6-7-17(5-2)13-12-11(15-9-16-13)10(3)8-18-12/h8-9,14H,4-7H2,1-3H3. The molecule has 0 spiro atoms. The Balaban J connectivity index is 2.27. The minimum atomic E-state index is 0.967. The van der Waals surface area contributed by atoms with Gasteiger partial charge in [0.25, 0.3) is 0 Å².